The van der Waals surface area contributed by atoms with Crippen LogP contribution in [0.2, 0.25) is 0 Å². The monoisotopic (exact) mass is 807 g/mol. The van der Waals surface area contributed by atoms with Crippen LogP contribution in [0.15, 0.2) is 0 Å². The van der Waals surface area contributed by atoms with Crippen LogP contribution >= 0.6 is 0 Å². The van der Waals surface area contributed by atoms with Crippen LogP contribution in [0.1, 0.15) is 279 Å². The van der Waals surface area contributed by atoms with Crippen LogP contribution in [0.25, 0.3) is 0 Å². The van der Waals surface area contributed by atoms with Gasteiger partial charge in [-0.3, -0.25) is 14.4 Å². The Hall–Kier alpha value is -1.59. The Morgan fingerprint density at radius 1 is 0.368 bits per heavy atom. The molecule has 0 rings (SSSR count). The standard InChI is InChI=1S/C51H98O6/c1-6-8-9-10-24-31-36-41-49(52)55-44-48(45-56-50(53)42-37-32-28-23-25-29-34-39-46(3)4)57-51(54)43-38-33-27-22-20-18-16-14-12-11-13-15-17-19-21-26-30-35-40-47(5)7-2/h46-48H,6-45H2,1-5H3/t47?,48-/m0/s1. The van der Waals surface area contributed by atoms with Crippen molar-refractivity contribution in [3.63, 3.8) is 0 Å². The predicted octanol–water partition coefficient (Wildman–Crippen LogP) is 16.1. The number of carbonyl (C=O) groups excluding carboxylic acids is 3. The second-order valence-electron chi connectivity index (χ2n) is 18.2. The number of rotatable bonds is 45. The highest BCUT2D eigenvalue weighted by molar-refractivity contribution is 5.71. The molecule has 338 valence electrons. The second-order valence-corrected chi connectivity index (χ2v) is 18.2. The molecule has 0 aliphatic carbocycles. The molecule has 57 heavy (non-hydrogen) atoms. The molecule has 0 saturated heterocycles. The predicted molar refractivity (Wildman–Crippen MR) is 243 cm³/mol. The summed E-state index contributed by atoms with van der Waals surface area (Å²) in [6, 6.07) is 0. The van der Waals surface area contributed by atoms with Crippen molar-refractivity contribution in [1.82, 2.24) is 0 Å². The van der Waals surface area contributed by atoms with E-state index in [1.165, 1.54) is 167 Å². The van der Waals surface area contributed by atoms with Crippen LogP contribution in [-0.2, 0) is 28.6 Å². The molecule has 1 unspecified atom stereocenters. The molecule has 0 aromatic carbocycles. The van der Waals surface area contributed by atoms with Crippen molar-refractivity contribution in [2.75, 3.05) is 13.2 Å². The lowest BCUT2D eigenvalue weighted by Gasteiger charge is -2.18. The van der Waals surface area contributed by atoms with Gasteiger partial charge in [-0.15, -0.1) is 0 Å². The van der Waals surface area contributed by atoms with Gasteiger partial charge in [0.05, 0.1) is 0 Å². The van der Waals surface area contributed by atoms with Crippen LogP contribution in [0.4, 0.5) is 0 Å². The fourth-order valence-electron chi connectivity index (χ4n) is 7.60. The van der Waals surface area contributed by atoms with Crippen LogP contribution in [0, 0.1) is 11.8 Å². The van der Waals surface area contributed by atoms with E-state index in [4.69, 9.17) is 14.2 Å². The number of esters is 3. The molecule has 0 bridgehead atoms. The van der Waals surface area contributed by atoms with Gasteiger partial charge in [0.25, 0.3) is 0 Å². The zero-order valence-electron chi connectivity index (χ0n) is 39.0. The molecule has 6 heteroatoms. The van der Waals surface area contributed by atoms with E-state index < -0.39 is 6.10 Å². The van der Waals surface area contributed by atoms with Gasteiger partial charge in [-0.1, -0.05) is 240 Å². The summed E-state index contributed by atoms with van der Waals surface area (Å²) in [5.41, 5.74) is 0. The Labute approximate surface area is 355 Å². The molecule has 0 aliphatic heterocycles. The Kier molecular flexibility index (Phi) is 42.7. The molecule has 0 aromatic rings. The Morgan fingerprint density at radius 3 is 1.00 bits per heavy atom. The zero-order valence-corrected chi connectivity index (χ0v) is 39.0. The Bertz CT molecular complexity index is 872. The highest BCUT2D eigenvalue weighted by Gasteiger charge is 2.19. The molecule has 2 atom stereocenters. The van der Waals surface area contributed by atoms with E-state index in [1.807, 2.05) is 0 Å². The molecule has 0 saturated carbocycles. The van der Waals surface area contributed by atoms with Gasteiger partial charge < -0.3 is 14.2 Å². The van der Waals surface area contributed by atoms with Crippen molar-refractivity contribution in [3.8, 4) is 0 Å². The van der Waals surface area contributed by atoms with E-state index in [-0.39, 0.29) is 31.1 Å². The third-order valence-corrected chi connectivity index (χ3v) is 11.8. The van der Waals surface area contributed by atoms with Gasteiger partial charge in [0.1, 0.15) is 13.2 Å². The van der Waals surface area contributed by atoms with Crippen molar-refractivity contribution >= 4 is 17.9 Å². The fourth-order valence-corrected chi connectivity index (χ4v) is 7.60. The molecular formula is C51H98O6. The zero-order chi connectivity index (χ0) is 41.9. The van der Waals surface area contributed by atoms with Gasteiger partial charge in [0, 0.05) is 19.3 Å². The highest BCUT2D eigenvalue weighted by Crippen LogP contribution is 2.18. The quantitative estimate of drug-likeness (QED) is 0.0346. The van der Waals surface area contributed by atoms with E-state index in [0.29, 0.717) is 19.3 Å². The lowest BCUT2D eigenvalue weighted by atomic mass is 9.99. The number of unbranched alkanes of at least 4 members (excludes halogenated alkanes) is 29. The number of hydrogen-bond acceptors (Lipinski definition) is 6. The lowest BCUT2D eigenvalue weighted by Crippen LogP contribution is -2.30. The highest BCUT2D eigenvalue weighted by atomic mass is 16.6. The van der Waals surface area contributed by atoms with E-state index in [0.717, 1.165) is 69.6 Å². The van der Waals surface area contributed by atoms with Gasteiger partial charge in [-0.2, -0.15) is 0 Å². The van der Waals surface area contributed by atoms with Crippen LogP contribution in [0.3, 0.4) is 0 Å². The van der Waals surface area contributed by atoms with Gasteiger partial charge in [0.15, 0.2) is 6.10 Å². The molecule has 6 nitrogen and oxygen atoms in total. The van der Waals surface area contributed by atoms with Crippen LogP contribution in [0.5, 0.6) is 0 Å². The first kappa shape index (κ1) is 55.4. The minimum absolute atomic E-state index is 0.0655. The van der Waals surface area contributed by atoms with Crippen LogP contribution < -0.4 is 0 Å². The van der Waals surface area contributed by atoms with E-state index in [2.05, 4.69) is 34.6 Å². The maximum Gasteiger partial charge on any atom is 0.306 e. The third kappa shape index (κ3) is 43.8. The first-order valence-corrected chi connectivity index (χ1v) is 25.3. The molecule has 0 aliphatic rings. The Morgan fingerprint density at radius 2 is 0.667 bits per heavy atom. The van der Waals surface area contributed by atoms with Gasteiger partial charge in [-0.05, 0) is 31.1 Å². The summed E-state index contributed by atoms with van der Waals surface area (Å²) in [7, 11) is 0. The Balaban J connectivity index is 4.12. The minimum atomic E-state index is -0.760. The smallest absolute Gasteiger partial charge is 0.306 e. The summed E-state index contributed by atoms with van der Waals surface area (Å²) in [6.07, 6.45) is 44.0. The lowest BCUT2D eigenvalue weighted by molar-refractivity contribution is -0.167. The van der Waals surface area contributed by atoms with Crippen molar-refractivity contribution in [2.24, 2.45) is 11.8 Å². The SMILES string of the molecule is CCCCCCCCCC(=O)OC[C@@H](COC(=O)CCCCCCCCCC(C)C)OC(=O)CCCCCCCCCCCCCCCCCCCCC(C)CC. The van der Waals surface area contributed by atoms with Gasteiger partial charge in [0.2, 0.25) is 0 Å². The first-order chi connectivity index (χ1) is 27.8. The third-order valence-electron chi connectivity index (χ3n) is 11.8. The summed E-state index contributed by atoms with van der Waals surface area (Å²) < 4.78 is 16.7. The average Bonchev–Trinajstić information content (AvgIpc) is 3.19. The topological polar surface area (TPSA) is 78.9 Å². The largest absolute Gasteiger partial charge is 0.462 e. The second kappa shape index (κ2) is 44.0. The number of ether oxygens (including phenoxy) is 3. The van der Waals surface area contributed by atoms with Crippen LogP contribution in [-0.4, -0.2) is 37.2 Å². The normalized spacial score (nSPS) is 12.5. The molecule has 0 N–H and O–H groups in total. The number of hydrogen-bond donors (Lipinski definition) is 0. The molecule has 0 spiro atoms. The maximum absolute atomic E-state index is 12.7. The fraction of sp³-hybridized carbons (Fsp3) is 0.941. The van der Waals surface area contributed by atoms with E-state index in [9.17, 15) is 14.4 Å². The summed E-state index contributed by atoms with van der Waals surface area (Å²) >= 11 is 0. The minimum Gasteiger partial charge on any atom is -0.462 e. The van der Waals surface area contributed by atoms with Gasteiger partial charge in [-0.25, -0.2) is 0 Å². The van der Waals surface area contributed by atoms with Crippen molar-refractivity contribution in [3.05, 3.63) is 0 Å². The van der Waals surface area contributed by atoms with E-state index in [1.54, 1.807) is 0 Å². The van der Waals surface area contributed by atoms with E-state index >= 15 is 0 Å². The molecule has 0 fully saturated rings. The summed E-state index contributed by atoms with van der Waals surface area (Å²) in [5, 5.41) is 0. The molecule has 0 radical (unpaired) electrons. The van der Waals surface area contributed by atoms with Crippen molar-refractivity contribution < 1.29 is 28.6 Å². The van der Waals surface area contributed by atoms with Gasteiger partial charge >= 0.3 is 17.9 Å². The molecule has 0 aromatic heterocycles. The first-order valence-electron chi connectivity index (χ1n) is 25.3. The van der Waals surface area contributed by atoms with Crippen molar-refractivity contribution in [1.29, 1.82) is 0 Å². The summed E-state index contributed by atoms with van der Waals surface area (Å²) in [6.45, 7) is 11.3. The molecular weight excluding hydrogens is 709 g/mol. The number of carbonyl (C=O) groups is 3. The summed E-state index contributed by atoms with van der Waals surface area (Å²) in [5.74, 6) is 0.830. The molecule has 0 heterocycles. The average molecular weight is 807 g/mol. The summed E-state index contributed by atoms with van der Waals surface area (Å²) in [4.78, 5) is 37.7. The maximum atomic E-state index is 12.7. The molecule has 0 amide bonds. The van der Waals surface area contributed by atoms with Crippen molar-refractivity contribution in [2.45, 2.75) is 285 Å².